The van der Waals surface area contributed by atoms with Crippen molar-refractivity contribution in [3.8, 4) is 0 Å². The number of rotatable bonds is 7. The molecule has 1 aromatic carbocycles. The van der Waals surface area contributed by atoms with Crippen LogP contribution in [0.15, 0.2) is 48.8 Å². The van der Waals surface area contributed by atoms with E-state index in [2.05, 4.69) is 10.4 Å². The lowest BCUT2D eigenvalue weighted by Gasteiger charge is -2.19. The number of benzene rings is 1. The Kier molecular flexibility index (Phi) is 5.32. The topological polar surface area (TPSA) is 56.1 Å². The van der Waals surface area contributed by atoms with Crippen molar-refractivity contribution in [1.29, 1.82) is 0 Å². The van der Waals surface area contributed by atoms with Crippen LogP contribution in [0.1, 0.15) is 18.5 Å². The highest BCUT2D eigenvalue weighted by atomic mass is 16.5. The summed E-state index contributed by atoms with van der Waals surface area (Å²) >= 11 is 0. The number of nitrogens with zero attached hydrogens (tertiary/aromatic N) is 2. The Morgan fingerprint density at radius 3 is 2.80 bits per heavy atom. The number of hydrogen-bond acceptors (Lipinski definition) is 3. The second kappa shape index (κ2) is 7.45. The monoisotopic (exact) mass is 273 g/mol. The molecule has 1 heterocycles. The van der Waals surface area contributed by atoms with Gasteiger partial charge in [-0.3, -0.25) is 9.48 Å². The molecule has 1 amide bonds. The number of nitrogens with one attached hydrogen (secondary N) is 1. The van der Waals surface area contributed by atoms with Crippen molar-refractivity contribution in [3.05, 3.63) is 54.4 Å². The summed E-state index contributed by atoms with van der Waals surface area (Å²) in [6.45, 7) is 3.07. The molecule has 0 spiro atoms. The number of aromatic nitrogens is 2. The highest BCUT2D eigenvalue weighted by Gasteiger charge is 2.15. The van der Waals surface area contributed by atoms with Crippen LogP contribution in [0.4, 0.5) is 0 Å². The maximum absolute atomic E-state index is 11.8. The molecule has 5 nitrogen and oxygen atoms in total. The SMILES string of the molecule is CCOCC(=O)N[C@H](Cn1cccn1)c1ccccc1. The van der Waals surface area contributed by atoms with Crippen molar-refractivity contribution in [2.75, 3.05) is 13.2 Å². The third-order valence-corrected chi connectivity index (χ3v) is 2.90. The van der Waals surface area contributed by atoms with E-state index in [1.165, 1.54) is 0 Å². The van der Waals surface area contributed by atoms with Crippen LogP contribution in [0.3, 0.4) is 0 Å². The molecule has 0 unspecified atom stereocenters. The zero-order valence-electron chi connectivity index (χ0n) is 11.5. The number of carbonyl (C=O) groups is 1. The minimum absolute atomic E-state index is 0.0823. The first-order chi connectivity index (χ1) is 9.79. The van der Waals surface area contributed by atoms with E-state index in [4.69, 9.17) is 4.74 Å². The van der Waals surface area contributed by atoms with Gasteiger partial charge >= 0.3 is 0 Å². The molecule has 0 saturated carbocycles. The molecule has 0 radical (unpaired) electrons. The van der Waals surface area contributed by atoms with Crippen LogP contribution >= 0.6 is 0 Å². The summed E-state index contributed by atoms with van der Waals surface area (Å²) in [6, 6.07) is 11.6. The van der Waals surface area contributed by atoms with E-state index in [1.54, 1.807) is 10.9 Å². The molecule has 1 N–H and O–H groups in total. The smallest absolute Gasteiger partial charge is 0.246 e. The van der Waals surface area contributed by atoms with E-state index >= 15 is 0 Å². The van der Waals surface area contributed by atoms with Gasteiger partial charge in [-0.15, -0.1) is 0 Å². The van der Waals surface area contributed by atoms with Crippen LogP contribution in [0, 0.1) is 0 Å². The summed E-state index contributed by atoms with van der Waals surface area (Å²) in [5.74, 6) is -0.118. The van der Waals surface area contributed by atoms with Crippen molar-refractivity contribution < 1.29 is 9.53 Å². The summed E-state index contributed by atoms with van der Waals surface area (Å²) in [5, 5.41) is 7.17. The lowest BCUT2D eigenvalue weighted by Crippen LogP contribution is -2.34. The van der Waals surface area contributed by atoms with Crippen molar-refractivity contribution in [1.82, 2.24) is 15.1 Å². The van der Waals surface area contributed by atoms with Crippen LogP contribution < -0.4 is 5.32 Å². The highest BCUT2D eigenvalue weighted by Crippen LogP contribution is 2.14. The highest BCUT2D eigenvalue weighted by molar-refractivity contribution is 5.77. The first-order valence-corrected chi connectivity index (χ1v) is 6.69. The predicted molar refractivity (Wildman–Crippen MR) is 76.0 cm³/mol. The van der Waals surface area contributed by atoms with E-state index in [9.17, 15) is 4.79 Å². The summed E-state index contributed by atoms with van der Waals surface area (Å²) in [5.41, 5.74) is 1.05. The fourth-order valence-electron chi connectivity index (χ4n) is 1.95. The van der Waals surface area contributed by atoms with Gasteiger partial charge in [-0.2, -0.15) is 5.10 Å². The van der Waals surface area contributed by atoms with Crippen molar-refractivity contribution in [2.45, 2.75) is 19.5 Å². The average Bonchev–Trinajstić information content (AvgIpc) is 2.98. The van der Waals surface area contributed by atoms with Gasteiger partial charge in [0.05, 0.1) is 12.6 Å². The molecule has 20 heavy (non-hydrogen) atoms. The normalized spacial score (nSPS) is 12.1. The molecule has 0 fully saturated rings. The first-order valence-electron chi connectivity index (χ1n) is 6.69. The largest absolute Gasteiger partial charge is 0.372 e. The van der Waals surface area contributed by atoms with Gasteiger partial charge in [0, 0.05) is 19.0 Å². The van der Waals surface area contributed by atoms with Crippen LogP contribution in [0.25, 0.3) is 0 Å². The zero-order chi connectivity index (χ0) is 14.2. The minimum Gasteiger partial charge on any atom is -0.372 e. The molecular formula is C15H19N3O2. The molecule has 0 saturated heterocycles. The van der Waals surface area contributed by atoms with E-state index in [-0.39, 0.29) is 18.6 Å². The summed E-state index contributed by atoms with van der Waals surface area (Å²) in [6.07, 6.45) is 3.61. The fourth-order valence-corrected chi connectivity index (χ4v) is 1.95. The maximum Gasteiger partial charge on any atom is 0.246 e. The molecule has 1 aromatic heterocycles. The molecule has 106 valence electrons. The average molecular weight is 273 g/mol. The van der Waals surface area contributed by atoms with Gasteiger partial charge < -0.3 is 10.1 Å². The van der Waals surface area contributed by atoms with Crippen molar-refractivity contribution in [2.24, 2.45) is 0 Å². The molecule has 2 aromatic rings. The second-order valence-electron chi connectivity index (χ2n) is 4.40. The van der Waals surface area contributed by atoms with Crippen LogP contribution in [0.5, 0.6) is 0 Å². The van der Waals surface area contributed by atoms with Crippen molar-refractivity contribution in [3.63, 3.8) is 0 Å². The Morgan fingerprint density at radius 2 is 2.15 bits per heavy atom. The van der Waals surface area contributed by atoms with E-state index in [0.29, 0.717) is 13.2 Å². The molecule has 5 heteroatoms. The number of carbonyl (C=O) groups excluding carboxylic acids is 1. The zero-order valence-corrected chi connectivity index (χ0v) is 11.5. The molecule has 0 aliphatic rings. The summed E-state index contributed by atoms with van der Waals surface area (Å²) in [4.78, 5) is 11.8. The van der Waals surface area contributed by atoms with Crippen LogP contribution in [-0.4, -0.2) is 28.9 Å². The first kappa shape index (κ1) is 14.3. The van der Waals surface area contributed by atoms with Crippen LogP contribution in [0.2, 0.25) is 0 Å². The maximum atomic E-state index is 11.8. The van der Waals surface area contributed by atoms with E-state index in [0.717, 1.165) is 5.56 Å². The Labute approximate surface area is 118 Å². The molecular weight excluding hydrogens is 254 g/mol. The van der Waals surface area contributed by atoms with Gasteiger partial charge in [0.15, 0.2) is 0 Å². The standard InChI is InChI=1S/C15H19N3O2/c1-2-20-12-15(19)17-14(11-18-10-6-9-16-18)13-7-4-3-5-8-13/h3-10,14H,2,11-12H2,1H3,(H,17,19)/t14-/m1/s1. The Morgan fingerprint density at radius 1 is 1.35 bits per heavy atom. The number of ether oxygens (including phenoxy) is 1. The number of amides is 1. The Balaban J connectivity index is 2.06. The van der Waals surface area contributed by atoms with Gasteiger partial charge in [0.1, 0.15) is 6.61 Å². The molecule has 0 bridgehead atoms. The van der Waals surface area contributed by atoms with Gasteiger partial charge in [-0.25, -0.2) is 0 Å². The minimum atomic E-state index is -0.121. The summed E-state index contributed by atoms with van der Waals surface area (Å²) in [7, 11) is 0. The lowest BCUT2D eigenvalue weighted by atomic mass is 10.1. The third-order valence-electron chi connectivity index (χ3n) is 2.90. The van der Waals surface area contributed by atoms with Gasteiger partial charge in [0.25, 0.3) is 0 Å². The molecule has 2 rings (SSSR count). The van der Waals surface area contributed by atoms with Crippen molar-refractivity contribution >= 4 is 5.91 Å². The molecule has 0 aliphatic heterocycles. The Bertz CT molecular complexity index is 511. The van der Waals surface area contributed by atoms with Crippen LogP contribution in [-0.2, 0) is 16.1 Å². The fraction of sp³-hybridized carbons (Fsp3) is 0.333. The van der Waals surface area contributed by atoms with E-state index < -0.39 is 0 Å². The molecule has 0 aliphatic carbocycles. The number of hydrogen-bond donors (Lipinski definition) is 1. The van der Waals surface area contributed by atoms with E-state index in [1.807, 2.05) is 49.5 Å². The van der Waals surface area contributed by atoms with Gasteiger partial charge in [0.2, 0.25) is 5.91 Å². The molecule has 1 atom stereocenters. The Hall–Kier alpha value is -2.14. The predicted octanol–water partition coefficient (Wildman–Crippen LogP) is 1.78. The quantitative estimate of drug-likeness (QED) is 0.836. The lowest BCUT2D eigenvalue weighted by molar-refractivity contribution is -0.126. The summed E-state index contributed by atoms with van der Waals surface area (Å²) < 4.78 is 6.94. The third kappa shape index (κ3) is 4.20. The second-order valence-corrected chi connectivity index (χ2v) is 4.40. The van der Waals surface area contributed by atoms with Gasteiger partial charge in [-0.05, 0) is 18.6 Å². The van der Waals surface area contributed by atoms with Gasteiger partial charge in [-0.1, -0.05) is 30.3 Å².